The molecule has 2 aromatic heterocycles. The van der Waals surface area contributed by atoms with Crippen molar-refractivity contribution in [3.63, 3.8) is 0 Å². The quantitative estimate of drug-likeness (QED) is 0.728. The summed E-state index contributed by atoms with van der Waals surface area (Å²) in [5, 5.41) is 6.05. The number of amides is 1. The lowest BCUT2D eigenvalue weighted by molar-refractivity contribution is 0.102. The lowest BCUT2D eigenvalue weighted by Gasteiger charge is -2.03. The summed E-state index contributed by atoms with van der Waals surface area (Å²) in [7, 11) is 0. The van der Waals surface area contributed by atoms with Crippen LogP contribution in [0.4, 0.5) is 5.69 Å². The van der Waals surface area contributed by atoms with Crippen molar-refractivity contribution >= 4 is 48.9 Å². The lowest BCUT2D eigenvalue weighted by atomic mass is 10.2. The van der Waals surface area contributed by atoms with Crippen molar-refractivity contribution in [2.75, 3.05) is 5.32 Å². The van der Waals surface area contributed by atoms with Crippen LogP contribution < -0.4 is 5.32 Å². The van der Waals surface area contributed by atoms with Gasteiger partial charge in [0.2, 0.25) is 0 Å². The molecule has 0 aliphatic rings. The van der Waals surface area contributed by atoms with Gasteiger partial charge in [0.25, 0.3) is 5.91 Å². The van der Waals surface area contributed by atoms with Crippen molar-refractivity contribution in [1.82, 2.24) is 4.98 Å². The molecule has 0 radical (unpaired) electrons. The van der Waals surface area contributed by atoms with Crippen LogP contribution in [0.1, 0.15) is 10.5 Å². The molecule has 0 atom stereocenters. The largest absolute Gasteiger partial charge is 0.356 e. The summed E-state index contributed by atoms with van der Waals surface area (Å²) < 4.78 is 2.08. The van der Waals surface area contributed by atoms with E-state index in [9.17, 15) is 4.79 Å². The van der Waals surface area contributed by atoms with Crippen LogP contribution in [0, 0.1) is 0 Å². The highest BCUT2D eigenvalue weighted by atomic mass is 79.9. The number of rotatable bonds is 2. The van der Waals surface area contributed by atoms with Crippen LogP contribution in [0.25, 0.3) is 10.1 Å². The van der Waals surface area contributed by atoms with Crippen molar-refractivity contribution < 1.29 is 4.79 Å². The van der Waals surface area contributed by atoms with Crippen LogP contribution in [0.5, 0.6) is 0 Å². The molecular formula is C13H9BrN2OS. The summed E-state index contributed by atoms with van der Waals surface area (Å²) >= 11 is 4.99. The van der Waals surface area contributed by atoms with E-state index in [1.165, 1.54) is 4.70 Å². The van der Waals surface area contributed by atoms with E-state index >= 15 is 0 Å². The van der Waals surface area contributed by atoms with Crippen LogP contribution in [0.15, 0.2) is 46.4 Å². The maximum atomic E-state index is 11.9. The third-order valence-electron chi connectivity index (χ3n) is 2.60. The molecule has 1 aromatic carbocycles. The summed E-state index contributed by atoms with van der Waals surface area (Å²) in [6.45, 7) is 0. The molecule has 2 heterocycles. The zero-order chi connectivity index (χ0) is 12.5. The Balaban J connectivity index is 1.85. The molecule has 90 valence electrons. The second-order valence-corrected chi connectivity index (χ2v) is 5.72. The van der Waals surface area contributed by atoms with Gasteiger partial charge in [0, 0.05) is 21.1 Å². The minimum atomic E-state index is -0.143. The minimum Gasteiger partial charge on any atom is -0.356 e. The van der Waals surface area contributed by atoms with E-state index in [2.05, 4.69) is 26.2 Å². The number of halogens is 1. The van der Waals surface area contributed by atoms with Gasteiger partial charge in [-0.15, -0.1) is 11.3 Å². The highest BCUT2D eigenvalue weighted by Crippen LogP contribution is 2.24. The fourth-order valence-corrected chi connectivity index (χ4v) is 2.86. The standard InChI is InChI=1S/C13H9BrN2OS/c14-9-6-11(15-7-9)13(17)16-10-1-2-12-8(5-10)3-4-18-12/h1-7,15H,(H,16,17). The third kappa shape index (κ3) is 2.19. The molecule has 5 heteroatoms. The van der Waals surface area contributed by atoms with Crippen molar-refractivity contribution in [3.05, 3.63) is 52.1 Å². The van der Waals surface area contributed by atoms with Gasteiger partial charge in [0.05, 0.1) is 0 Å². The van der Waals surface area contributed by atoms with Crippen molar-refractivity contribution in [2.45, 2.75) is 0 Å². The van der Waals surface area contributed by atoms with E-state index in [-0.39, 0.29) is 5.91 Å². The number of hydrogen-bond acceptors (Lipinski definition) is 2. The Kier molecular flexibility index (Phi) is 2.93. The Labute approximate surface area is 116 Å². The average molecular weight is 321 g/mol. The molecule has 0 saturated carbocycles. The first-order valence-electron chi connectivity index (χ1n) is 5.35. The van der Waals surface area contributed by atoms with Gasteiger partial charge in [-0.2, -0.15) is 0 Å². The molecule has 0 spiro atoms. The fourth-order valence-electron chi connectivity index (χ4n) is 1.74. The van der Waals surface area contributed by atoms with Crippen LogP contribution >= 0.6 is 27.3 Å². The molecule has 2 N–H and O–H groups in total. The maximum Gasteiger partial charge on any atom is 0.272 e. The van der Waals surface area contributed by atoms with E-state index < -0.39 is 0 Å². The Morgan fingerprint density at radius 2 is 2.17 bits per heavy atom. The van der Waals surface area contributed by atoms with Crippen molar-refractivity contribution in [2.24, 2.45) is 0 Å². The number of aromatic nitrogens is 1. The smallest absolute Gasteiger partial charge is 0.272 e. The summed E-state index contributed by atoms with van der Waals surface area (Å²) in [6.07, 6.45) is 1.73. The van der Waals surface area contributed by atoms with Gasteiger partial charge in [0.1, 0.15) is 5.69 Å². The first-order chi connectivity index (χ1) is 8.72. The first-order valence-corrected chi connectivity index (χ1v) is 7.02. The number of fused-ring (bicyclic) bond motifs is 1. The fraction of sp³-hybridized carbons (Fsp3) is 0. The molecule has 3 nitrogen and oxygen atoms in total. The predicted octanol–water partition coefficient (Wildman–Crippen LogP) is 4.24. The zero-order valence-corrected chi connectivity index (χ0v) is 11.6. The Hall–Kier alpha value is -1.59. The zero-order valence-electron chi connectivity index (χ0n) is 9.24. The molecule has 3 rings (SSSR count). The summed E-state index contributed by atoms with van der Waals surface area (Å²) in [5.41, 5.74) is 1.34. The van der Waals surface area contributed by atoms with Crippen LogP contribution in [0.3, 0.4) is 0 Å². The third-order valence-corrected chi connectivity index (χ3v) is 3.96. The monoisotopic (exact) mass is 320 g/mol. The van der Waals surface area contributed by atoms with Gasteiger partial charge in [-0.3, -0.25) is 4.79 Å². The second kappa shape index (κ2) is 4.59. The molecule has 18 heavy (non-hydrogen) atoms. The Morgan fingerprint density at radius 3 is 2.94 bits per heavy atom. The minimum absolute atomic E-state index is 0.143. The number of hydrogen-bond donors (Lipinski definition) is 2. The van der Waals surface area contributed by atoms with E-state index in [0.29, 0.717) is 5.69 Å². The number of nitrogens with one attached hydrogen (secondary N) is 2. The molecule has 0 saturated heterocycles. The summed E-state index contributed by atoms with van der Waals surface area (Å²) in [5.74, 6) is -0.143. The van der Waals surface area contributed by atoms with Gasteiger partial charge < -0.3 is 10.3 Å². The van der Waals surface area contributed by atoms with Gasteiger partial charge in [-0.25, -0.2) is 0 Å². The van der Waals surface area contributed by atoms with Gasteiger partial charge in [-0.1, -0.05) is 0 Å². The normalized spacial score (nSPS) is 10.7. The summed E-state index contributed by atoms with van der Waals surface area (Å²) in [6, 6.07) is 9.69. The molecular weight excluding hydrogens is 312 g/mol. The van der Waals surface area contributed by atoms with E-state index in [1.807, 2.05) is 29.6 Å². The Morgan fingerprint density at radius 1 is 1.28 bits per heavy atom. The number of anilines is 1. The maximum absolute atomic E-state index is 11.9. The molecule has 0 aliphatic heterocycles. The van der Waals surface area contributed by atoms with Gasteiger partial charge >= 0.3 is 0 Å². The molecule has 0 aliphatic carbocycles. The second-order valence-electron chi connectivity index (χ2n) is 3.86. The predicted molar refractivity (Wildman–Crippen MR) is 78.3 cm³/mol. The van der Waals surface area contributed by atoms with Gasteiger partial charge in [0.15, 0.2) is 0 Å². The van der Waals surface area contributed by atoms with Crippen molar-refractivity contribution in [3.8, 4) is 0 Å². The van der Waals surface area contributed by atoms with Gasteiger partial charge in [-0.05, 0) is 57.0 Å². The Bertz CT molecular complexity index is 716. The van der Waals surface area contributed by atoms with Crippen molar-refractivity contribution in [1.29, 1.82) is 0 Å². The highest BCUT2D eigenvalue weighted by molar-refractivity contribution is 9.10. The van der Waals surface area contributed by atoms with E-state index in [0.717, 1.165) is 15.5 Å². The number of benzene rings is 1. The van der Waals surface area contributed by atoms with Crippen LogP contribution in [-0.4, -0.2) is 10.9 Å². The number of aromatic amines is 1. The molecule has 1 amide bonds. The first kappa shape index (κ1) is 11.5. The SMILES string of the molecule is O=C(Nc1ccc2sccc2c1)c1cc(Br)c[nH]1. The van der Waals surface area contributed by atoms with Crippen LogP contribution in [0.2, 0.25) is 0 Å². The average Bonchev–Trinajstić information content (AvgIpc) is 2.96. The van der Waals surface area contributed by atoms with E-state index in [1.54, 1.807) is 23.6 Å². The number of H-pyrrole nitrogens is 1. The number of carbonyl (C=O) groups excluding carboxylic acids is 1. The number of thiophene rings is 1. The van der Waals surface area contributed by atoms with Crippen LogP contribution in [-0.2, 0) is 0 Å². The molecule has 0 bridgehead atoms. The number of carbonyl (C=O) groups is 1. The lowest BCUT2D eigenvalue weighted by Crippen LogP contribution is -2.11. The topological polar surface area (TPSA) is 44.9 Å². The molecule has 0 fully saturated rings. The molecule has 0 unspecified atom stereocenters. The summed E-state index contributed by atoms with van der Waals surface area (Å²) in [4.78, 5) is 14.8. The highest BCUT2D eigenvalue weighted by Gasteiger charge is 2.08. The molecule has 3 aromatic rings. The van der Waals surface area contributed by atoms with E-state index in [4.69, 9.17) is 0 Å².